The molecule has 0 fully saturated rings. The fourth-order valence-corrected chi connectivity index (χ4v) is 3.99. The highest BCUT2D eigenvalue weighted by Gasteiger charge is 2.37. The maximum Gasteiger partial charge on any atom is 0.217 e. The molecular formula is C23H44N3O+. The number of carbonyl (C=O) groups excluding carboxylic acids is 1. The number of rotatable bonds is 16. The van der Waals surface area contributed by atoms with Gasteiger partial charge in [-0.1, -0.05) is 57.6 Å². The summed E-state index contributed by atoms with van der Waals surface area (Å²) in [5.74, 6) is 0.0670. The molecular weight excluding hydrogens is 334 g/mol. The summed E-state index contributed by atoms with van der Waals surface area (Å²) in [6, 6.07) is 0. The van der Waals surface area contributed by atoms with Crippen molar-refractivity contribution in [2.24, 2.45) is 4.99 Å². The smallest absolute Gasteiger partial charge is 0.217 e. The lowest BCUT2D eigenvalue weighted by Gasteiger charge is -2.38. The van der Waals surface area contributed by atoms with Crippen LogP contribution in [0.1, 0.15) is 91.4 Å². The van der Waals surface area contributed by atoms with Gasteiger partial charge in [0.15, 0.2) is 6.17 Å². The molecule has 0 radical (unpaired) electrons. The van der Waals surface area contributed by atoms with E-state index in [1.54, 1.807) is 6.92 Å². The topological polar surface area (TPSA) is 41.5 Å². The van der Waals surface area contributed by atoms with Crippen molar-refractivity contribution in [3.8, 4) is 0 Å². The Kier molecular flexibility index (Phi) is 13.1. The van der Waals surface area contributed by atoms with Gasteiger partial charge in [0.1, 0.15) is 6.54 Å². The van der Waals surface area contributed by atoms with Crippen LogP contribution >= 0.6 is 0 Å². The third-order valence-electron chi connectivity index (χ3n) is 5.89. The normalized spacial score (nSPS) is 22.0. The predicted octanol–water partition coefficient (Wildman–Crippen LogP) is 5.24. The molecule has 1 rings (SSSR count). The van der Waals surface area contributed by atoms with Crippen LogP contribution in [0, 0.1) is 0 Å². The van der Waals surface area contributed by atoms with E-state index in [1.807, 2.05) is 0 Å². The van der Waals surface area contributed by atoms with E-state index in [9.17, 15) is 4.79 Å². The SMILES string of the molecule is CCCC/C=C/CCCCCCCCC1N=CC[N+]1(CC)CCNC(C)=O. The molecule has 0 saturated carbocycles. The quantitative estimate of drug-likeness (QED) is 0.223. The summed E-state index contributed by atoms with van der Waals surface area (Å²) in [4.78, 5) is 15.9. The second kappa shape index (κ2) is 14.8. The Morgan fingerprint density at radius 1 is 1.07 bits per heavy atom. The fourth-order valence-electron chi connectivity index (χ4n) is 3.99. The van der Waals surface area contributed by atoms with E-state index in [4.69, 9.17) is 4.99 Å². The molecule has 4 heteroatoms. The molecule has 2 unspecified atom stereocenters. The second-order valence-corrected chi connectivity index (χ2v) is 8.05. The van der Waals surface area contributed by atoms with E-state index in [0.29, 0.717) is 6.17 Å². The van der Waals surface area contributed by atoms with E-state index in [1.165, 1.54) is 70.6 Å². The lowest BCUT2D eigenvalue weighted by Crippen LogP contribution is -2.55. The average molecular weight is 379 g/mol. The zero-order valence-electron chi connectivity index (χ0n) is 18.2. The summed E-state index contributed by atoms with van der Waals surface area (Å²) < 4.78 is 1.02. The number of carbonyl (C=O) groups is 1. The number of aliphatic imine (C=N–C) groups is 1. The van der Waals surface area contributed by atoms with Crippen molar-refractivity contribution in [2.75, 3.05) is 26.2 Å². The lowest BCUT2D eigenvalue weighted by molar-refractivity contribution is -0.935. The molecule has 156 valence electrons. The van der Waals surface area contributed by atoms with E-state index in [-0.39, 0.29) is 5.91 Å². The predicted molar refractivity (Wildman–Crippen MR) is 117 cm³/mol. The molecule has 0 aliphatic carbocycles. The van der Waals surface area contributed by atoms with Crippen LogP contribution in [0.5, 0.6) is 0 Å². The first kappa shape index (κ1) is 23.9. The minimum Gasteiger partial charge on any atom is -0.351 e. The van der Waals surface area contributed by atoms with E-state index in [0.717, 1.165) is 30.7 Å². The van der Waals surface area contributed by atoms with Gasteiger partial charge >= 0.3 is 0 Å². The van der Waals surface area contributed by atoms with Gasteiger partial charge in [0, 0.05) is 13.3 Å². The van der Waals surface area contributed by atoms with Crippen molar-refractivity contribution in [1.29, 1.82) is 0 Å². The van der Waals surface area contributed by atoms with Crippen LogP contribution in [0.25, 0.3) is 0 Å². The summed E-state index contributed by atoms with van der Waals surface area (Å²) in [5.41, 5.74) is 0. The van der Waals surface area contributed by atoms with Crippen LogP contribution in [0.15, 0.2) is 17.1 Å². The van der Waals surface area contributed by atoms with E-state index >= 15 is 0 Å². The maximum atomic E-state index is 11.1. The molecule has 0 bridgehead atoms. The number of hydrogen-bond donors (Lipinski definition) is 1. The number of allylic oxidation sites excluding steroid dienone is 2. The van der Waals surface area contributed by atoms with Crippen molar-refractivity contribution >= 4 is 12.1 Å². The van der Waals surface area contributed by atoms with Crippen molar-refractivity contribution < 1.29 is 9.28 Å². The molecule has 0 aromatic heterocycles. The number of likely N-dealkylation sites (N-methyl/N-ethyl adjacent to an activating group) is 1. The Hall–Kier alpha value is -1.16. The van der Waals surface area contributed by atoms with Crippen molar-refractivity contribution in [3.63, 3.8) is 0 Å². The Morgan fingerprint density at radius 3 is 2.41 bits per heavy atom. The molecule has 1 amide bonds. The van der Waals surface area contributed by atoms with E-state index in [2.05, 4.69) is 37.5 Å². The average Bonchev–Trinajstić information content (AvgIpc) is 3.05. The van der Waals surface area contributed by atoms with Crippen LogP contribution < -0.4 is 5.32 Å². The van der Waals surface area contributed by atoms with Crippen molar-refractivity contribution in [3.05, 3.63) is 12.2 Å². The van der Waals surface area contributed by atoms with Gasteiger partial charge in [-0.25, -0.2) is 4.99 Å². The minimum absolute atomic E-state index is 0.0670. The zero-order valence-corrected chi connectivity index (χ0v) is 18.2. The van der Waals surface area contributed by atoms with Crippen LogP contribution in [-0.2, 0) is 4.79 Å². The summed E-state index contributed by atoms with van der Waals surface area (Å²) >= 11 is 0. The molecule has 2 atom stereocenters. The van der Waals surface area contributed by atoms with Gasteiger partial charge in [-0.3, -0.25) is 9.28 Å². The highest BCUT2D eigenvalue weighted by molar-refractivity contribution is 5.72. The molecule has 0 aromatic rings. The summed E-state index contributed by atoms with van der Waals surface area (Å²) in [7, 11) is 0. The van der Waals surface area contributed by atoms with Gasteiger partial charge in [-0.15, -0.1) is 0 Å². The Morgan fingerprint density at radius 2 is 1.74 bits per heavy atom. The third-order valence-corrected chi connectivity index (χ3v) is 5.89. The zero-order chi connectivity index (χ0) is 19.8. The standard InChI is InChI=1S/C23H43N3O/c1-4-6-7-8-9-10-11-12-13-14-15-16-17-23-25-19-21-26(23,5-2)20-18-24-22(3)27/h8-9,19,23H,4-7,10-18,20-21H2,1-3H3/p+1/b9-8+. The molecule has 27 heavy (non-hydrogen) atoms. The van der Waals surface area contributed by atoms with Gasteiger partial charge < -0.3 is 5.32 Å². The summed E-state index contributed by atoms with van der Waals surface area (Å²) in [6.07, 6.45) is 21.6. The third kappa shape index (κ3) is 10.1. The monoisotopic (exact) mass is 378 g/mol. The number of nitrogens with zero attached hydrogens (tertiary/aromatic N) is 2. The first-order chi connectivity index (χ1) is 13.1. The molecule has 4 nitrogen and oxygen atoms in total. The first-order valence-electron chi connectivity index (χ1n) is 11.4. The van der Waals surface area contributed by atoms with Gasteiger partial charge in [0.05, 0.1) is 25.8 Å². The molecule has 0 spiro atoms. The molecule has 0 aromatic carbocycles. The highest BCUT2D eigenvalue weighted by Crippen LogP contribution is 2.24. The number of hydrogen-bond acceptors (Lipinski definition) is 2. The first-order valence-corrected chi connectivity index (χ1v) is 11.4. The van der Waals surface area contributed by atoms with Gasteiger partial charge in [-0.2, -0.15) is 0 Å². The van der Waals surface area contributed by atoms with E-state index < -0.39 is 0 Å². The molecule has 1 N–H and O–H groups in total. The van der Waals surface area contributed by atoms with Gasteiger partial charge in [0.25, 0.3) is 0 Å². The highest BCUT2D eigenvalue weighted by atomic mass is 16.1. The summed E-state index contributed by atoms with van der Waals surface area (Å²) in [6.45, 7) is 9.97. The summed E-state index contributed by atoms with van der Waals surface area (Å²) in [5, 5.41) is 2.95. The number of quaternary nitrogens is 1. The minimum atomic E-state index is 0.0670. The lowest BCUT2D eigenvalue weighted by atomic mass is 10.1. The van der Waals surface area contributed by atoms with Gasteiger partial charge in [-0.05, 0) is 32.6 Å². The Bertz CT molecular complexity index is 447. The Labute approximate surface area is 168 Å². The molecule has 1 aliphatic rings. The number of amides is 1. The molecule has 1 aliphatic heterocycles. The number of nitrogens with one attached hydrogen (secondary N) is 1. The molecule has 0 saturated heterocycles. The van der Waals surface area contributed by atoms with Crippen LogP contribution in [0.3, 0.4) is 0 Å². The fraction of sp³-hybridized carbons (Fsp3) is 0.826. The van der Waals surface area contributed by atoms with Crippen LogP contribution in [0.2, 0.25) is 0 Å². The van der Waals surface area contributed by atoms with Crippen LogP contribution in [-0.4, -0.2) is 48.9 Å². The number of unbranched alkanes of at least 4 members (excludes halogenated alkanes) is 8. The van der Waals surface area contributed by atoms with Crippen LogP contribution in [0.4, 0.5) is 0 Å². The van der Waals surface area contributed by atoms with Crippen molar-refractivity contribution in [1.82, 2.24) is 5.32 Å². The van der Waals surface area contributed by atoms with Crippen molar-refractivity contribution in [2.45, 2.75) is 97.6 Å². The Balaban J connectivity index is 2.09. The molecule has 1 heterocycles. The second-order valence-electron chi connectivity index (χ2n) is 8.05. The maximum absolute atomic E-state index is 11.1. The largest absolute Gasteiger partial charge is 0.351 e. The van der Waals surface area contributed by atoms with Gasteiger partial charge in [0.2, 0.25) is 5.91 Å².